The molecule has 0 radical (unpaired) electrons. The molecule has 1 N–H and O–H groups in total. The third-order valence-electron chi connectivity index (χ3n) is 2.15. The van der Waals surface area contributed by atoms with Crippen LogP contribution in [0.2, 0.25) is 0 Å². The smallest absolute Gasteiger partial charge is 0.257 e. The van der Waals surface area contributed by atoms with Gasteiger partial charge in [0.2, 0.25) is 0 Å². The molecule has 0 fully saturated rings. The average Bonchev–Trinajstić information content (AvgIpc) is 2.36. The van der Waals surface area contributed by atoms with Crippen LogP contribution in [0.25, 0.3) is 0 Å². The van der Waals surface area contributed by atoms with Crippen molar-refractivity contribution in [3.63, 3.8) is 0 Å². The van der Waals surface area contributed by atoms with Gasteiger partial charge >= 0.3 is 0 Å². The summed E-state index contributed by atoms with van der Waals surface area (Å²) in [6.07, 6.45) is 1.30. The molecule has 1 amide bonds. The number of rotatable bonds is 6. The molecule has 0 bridgehead atoms. The quantitative estimate of drug-likeness (QED) is 0.811. The number of nitrogens with one attached hydrogen (secondary N) is 1. The summed E-state index contributed by atoms with van der Waals surface area (Å²) in [6, 6.07) is 9.24. The van der Waals surface area contributed by atoms with E-state index >= 15 is 0 Å². The predicted molar refractivity (Wildman–Crippen MR) is 64.6 cm³/mol. The number of ether oxygens (including phenoxy) is 1. The highest BCUT2D eigenvalue weighted by Crippen LogP contribution is 2.12. The summed E-state index contributed by atoms with van der Waals surface area (Å²) in [5.41, 5.74) is 0.940. The topological polar surface area (TPSA) is 62.1 Å². The normalized spacial score (nSPS) is 9.41. The molecule has 0 unspecified atom stereocenters. The van der Waals surface area contributed by atoms with Gasteiger partial charge in [-0.05, 0) is 24.1 Å². The highest BCUT2D eigenvalue weighted by atomic mass is 16.5. The van der Waals surface area contributed by atoms with E-state index in [0.29, 0.717) is 18.7 Å². The van der Waals surface area contributed by atoms with Crippen molar-refractivity contribution in [3.8, 4) is 11.8 Å². The number of nitrogens with zero attached hydrogens (tertiary/aromatic N) is 1. The molecule has 1 rings (SSSR count). The molecule has 0 aliphatic carbocycles. The number of nitriles is 1. The van der Waals surface area contributed by atoms with Crippen LogP contribution in [0.3, 0.4) is 0 Å². The Hall–Kier alpha value is -2.02. The van der Waals surface area contributed by atoms with Gasteiger partial charge in [-0.15, -0.1) is 0 Å². The Morgan fingerprint density at radius 3 is 2.71 bits per heavy atom. The summed E-state index contributed by atoms with van der Waals surface area (Å²) in [5.74, 6) is 0.520. The molecule has 4 nitrogen and oxygen atoms in total. The summed E-state index contributed by atoms with van der Waals surface area (Å²) in [6.45, 7) is 2.69. The molecule has 0 saturated heterocycles. The van der Waals surface area contributed by atoms with Crippen molar-refractivity contribution in [3.05, 3.63) is 29.8 Å². The predicted octanol–water partition coefficient (Wildman–Crippen LogP) is 1.66. The fourth-order valence-corrected chi connectivity index (χ4v) is 1.26. The van der Waals surface area contributed by atoms with E-state index in [0.717, 1.165) is 12.0 Å². The van der Waals surface area contributed by atoms with Crippen LogP contribution in [0.5, 0.6) is 5.75 Å². The summed E-state index contributed by atoms with van der Waals surface area (Å²) < 4.78 is 5.30. The van der Waals surface area contributed by atoms with Crippen LogP contribution in [0, 0.1) is 11.3 Å². The Labute approximate surface area is 101 Å². The van der Waals surface area contributed by atoms with Gasteiger partial charge in [0.25, 0.3) is 5.91 Å². The highest BCUT2D eigenvalue weighted by Gasteiger charge is 2.01. The van der Waals surface area contributed by atoms with E-state index < -0.39 is 0 Å². The molecule has 0 atom stereocenters. The number of amides is 1. The van der Waals surface area contributed by atoms with Crippen molar-refractivity contribution in [1.82, 2.24) is 5.32 Å². The van der Waals surface area contributed by atoms with Gasteiger partial charge in [-0.25, -0.2) is 0 Å². The van der Waals surface area contributed by atoms with Crippen molar-refractivity contribution in [2.75, 3.05) is 13.2 Å². The molecule has 0 aliphatic rings. The Kier molecular flexibility index (Phi) is 5.59. The number of carbonyl (C=O) groups is 1. The second-order valence-corrected chi connectivity index (χ2v) is 3.62. The lowest BCUT2D eigenvalue weighted by Gasteiger charge is -2.06. The molecular weight excluding hydrogens is 216 g/mol. The Balaban J connectivity index is 2.37. The summed E-state index contributed by atoms with van der Waals surface area (Å²) in [7, 11) is 0. The van der Waals surface area contributed by atoms with Gasteiger partial charge < -0.3 is 10.1 Å². The first-order chi connectivity index (χ1) is 8.26. The SMILES string of the molecule is CCCNC(=O)COc1ccc(CC#N)cc1. The number of hydrogen-bond donors (Lipinski definition) is 1. The number of benzene rings is 1. The minimum Gasteiger partial charge on any atom is -0.484 e. The van der Waals surface area contributed by atoms with E-state index in [2.05, 4.69) is 11.4 Å². The third-order valence-corrected chi connectivity index (χ3v) is 2.15. The van der Waals surface area contributed by atoms with Crippen LogP contribution in [0.15, 0.2) is 24.3 Å². The molecule has 1 aromatic carbocycles. The monoisotopic (exact) mass is 232 g/mol. The first-order valence-corrected chi connectivity index (χ1v) is 5.61. The van der Waals surface area contributed by atoms with Crippen molar-refractivity contribution >= 4 is 5.91 Å². The second-order valence-electron chi connectivity index (χ2n) is 3.62. The van der Waals surface area contributed by atoms with Gasteiger partial charge in [0.05, 0.1) is 12.5 Å². The molecule has 90 valence electrons. The van der Waals surface area contributed by atoms with E-state index in [1.807, 2.05) is 19.1 Å². The fourth-order valence-electron chi connectivity index (χ4n) is 1.26. The van der Waals surface area contributed by atoms with Gasteiger partial charge in [-0.2, -0.15) is 5.26 Å². The van der Waals surface area contributed by atoms with Gasteiger partial charge in [-0.3, -0.25) is 4.79 Å². The maximum atomic E-state index is 11.3. The molecule has 1 aromatic rings. The van der Waals surface area contributed by atoms with Crippen molar-refractivity contribution in [2.45, 2.75) is 19.8 Å². The Morgan fingerprint density at radius 2 is 2.12 bits per heavy atom. The van der Waals surface area contributed by atoms with Crippen molar-refractivity contribution in [2.24, 2.45) is 0 Å². The van der Waals surface area contributed by atoms with E-state index in [1.54, 1.807) is 12.1 Å². The van der Waals surface area contributed by atoms with Crippen LogP contribution in [0.4, 0.5) is 0 Å². The first-order valence-electron chi connectivity index (χ1n) is 5.61. The van der Waals surface area contributed by atoms with Gasteiger partial charge in [-0.1, -0.05) is 19.1 Å². The lowest BCUT2D eigenvalue weighted by atomic mass is 10.2. The minimum absolute atomic E-state index is 0.0254. The zero-order valence-electron chi connectivity index (χ0n) is 9.90. The number of carbonyl (C=O) groups excluding carboxylic acids is 1. The standard InChI is InChI=1S/C13H16N2O2/c1-2-9-15-13(16)10-17-12-5-3-11(4-6-12)7-8-14/h3-6H,2,7,9-10H2,1H3,(H,15,16). The molecule has 17 heavy (non-hydrogen) atoms. The zero-order valence-corrected chi connectivity index (χ0v) is 9.90. The molecule has 0 aliphatic heterocycles. The molecule has 0 heterocycles. The fraction of sp³-hybridized carbons (Fsp3) is 0.385. The molecular formula is C13H16N2O2. The van der Waals surface area contributed by atoms with E-state index in [9.17, 15) is 4.79 Å². The van der Waals surface area contributed by atoms with E-state index in [4.69, 9.17) is 10.00 Å². The lowest BCUT2D eigenvalue weighted by molar-refractivity contribution is -0.123. The van der Waals surface area contributed by atoms with Crippen LogP contribution in [-0.2, 0) is 11.2 Å². The zero-order chi connectivity index (χ0) is 12.5. The van der Waals surface area contributed by atoms with Gasteiger partial charge in [0.15, 0.2) is 6.61 Å². The van der Waals surface area contributed by atoms with Crippen LogP contribution in [0.1, 0.15) is 18.9 Å². The minimum atomic E-state index is -0.118. The summed E-state index contributed by atoms with van der Waals surface area (Å²) in [5, 5.41) is 11.2. The second kappa shape index (κ2) is 7.29. The molecule has 0 aromatic heterocycles. The van der Waals surface area contributed by atoms with Crippen LogP contribution >= 0.6 is 0 Å². The maximum absolute atomic E-state index is 11.3. The van der Waals surface area contributed by atoms with Crippen LogP contribution < -0.4 is 10.1 Å². The first kappa shape index (κ1) is 13.0. The average molecular weight is 232 g/mol. The summed E-state index contributed by atoms with van der Waals surface area (Å²) >= 11 is 0. The third kappa shape index (κ3) is 5.03. The lowest BCUT2D eigenvalue weighted by Crippen LogP contribution is -2.29. The molecule has 0 spiro atoms. The largest absolute Gasteiger partial charge is 0.484 e. The van der Waals surface area contributed by atoms with E-state index in [-0.39, 0.29) is 12.5 Å². The van der Waals surface area contributed by atoms with Crippen LogP contribution in [-0.4, -0.2) is 19.1 Å². The maximum Gasteiger partial charge on any atom is 0.257 e. The van der Waals surface area contributed by atoms with Gasteiger partial charge in [0.1, 0.15) is 5.75 Å². The molecule has 0 saturated carbocycles. The van der Waals surface area contributed by atoms with Gasteiger partial charge in [0, 0.05) is 6.54 Å². The van der Waals surface area contributed by atoms with Crippen molar-refractivity contribution < 1.29 is 9.53 Å². The Bertz CT molecular complexity index is 393. The Morgan fingerprint density at radius 1 is 1.41 bits per heavy atom. The summed E-state index contributed by atoms with van der Waals surface area (Å²) in [4.78, 5) is 11.3. The highest BCUT2D eigenvalue weighted by molar-refractivity contribution is 5.77. The number of hydrogen-bond acceptors (Lipinski definition) is 3. The van der Waals surface area contributed by atoms with Crippen molar-refractivity contribution in [1.29, 1.82) is 5.26 Å². The van der Waals surface area contributed by atoms with E-state index in [1.165, 1.54) is 0 Å². The molecule has 4 heteroatoms.